The highest BCUT2D eigenvalue weighted by atomic mass is 19.4. The highest BCUT2D eigenvalue weighted by molar-refractivity contribution is 5.85. The van der Waals surface area contributed by atoms with E-state index in [0.717, 1.165) is 25.0 Å². The number of amides is 2. The van der Waals surface area contributed by atoms with Crippen molar-refractivity contribution in [1.29, 1.82) is 0 Å². The Hall–Kier alpha value is -2.52. The zero-order valence-corrected chi connectivity index (χ0v) is 16.9. The molecule has 0 bridgehead atoms. The van der Waals surface area contributed by atoms with Crippen LogP contribution in [-0.4, -0.2) is 36.7 Å². The minimum Gasteiger partial charge on any atom is -0.477 e. The number of hydrogen-bond donors (Lipinski definition) is 2. The van der Waals surface area contributed by atoms with Crippen LogP contribution >= 0.6 is 0 Å². The Bertz CT molecular complexity index is 743. The highest BCUT2D eigenvalue weighted by Gasteiger charge is 2.36. The van der Waals surface area contributed by atoms with Crippen molar-refractivity contribution in [1.82, 2.24) is 15.6 Å². The average molecular weight is 417 g/mol. The van der Waals surface area contributed by atoms with E-state index in [4.69, 9.17) is 9.47 Å². The van der Waals surface area contributed by atoms with Crippen LogP contribution in [0.2, 0.25) is 0 Å². The molecule has 1 aromatic rings. The number of halogens is 3. The monoisotopic (exact) mass is 417 g/mol. The van der Waals surface area contributed by atoms with E-state index >= 15 is 0 Å². The largest absolute Gasteiger partial charge is 0.477 e. The van der Waals surface area contributed by atoms with Gasteiger partial charge in [0.15, 0.2) is 0 Å². The molecule has 1 atom stereocenters. The van der Waals surface area contributed by atoms with Gasteiger partial charge in [-0.3, -0.25) is 4.79 Å². The first-order chi connectivity index (χ1) is 13.4. The topological polar surface area (TPSA) is 89.6 Å². The van der Waals surface area contributed by atoms with Crippen molar-refractivity contribution in [3.8, 4) is 11.8 Å². The summed E-state index contributed by atoms with van der Waals surface area (Å²) in [5.74, 6) is -1.18. The first kappa shape index (κ1) is 22.8. The lowest BCUT2D eigenvalue weighted by Gasteiger charge is -2.25. The zero-order valence-electron chi connectivity index (χ0n) is 16.9. The van der Waals surface area contributed by atoms with E-state index in [9.17, 15) is 22.8 Å². The number of ether oxygens (including phenoxy) is 2. The Morgan fingerprint density at radius 2 is 1.90 bits per heavy atom. The standard InChI is InChI=1S/C19H26F3N3O4/c1-18(2,3)9-13(15(26)23-4)24-17(27)29-14-8-7-12(19(20,21)22)16(25-14)28-10-11-5-6-11/h7-8,11,13H,5-6,9-10H2,1-4H3,(H,23,26)(H,24,27)/t13-/m0/s1. The molecule has 0 aromatic carbocycles. The molecule has 1 fully saturated rings. The summed E-state index contributed by atoms with van der Waals surface area (Å²) in [4.78, 5) is 27.9. The van der Waals surface area contributed by atoms with Gasteiger partial charge in [0.1, 0.15) is 11.6 Å². The van der Waals surface area contributed by atoms with Gasteiger partial charge in [-0.25, -0.2) is 4.79 Å². The van der Waals surface area contributed by atoms with E-state index in [-0.39, 0.29) is 23.8 Å². The summed E-state index contributed by atoms with van der Waals surface area (Å²) in [6, 6.07) is 0.821. The Labute approximate surface area is 167 Å². The maximum absolute atomic E-state index is 13.2. The first-order valence-corrected chi connectivity index (χ1v) is 9.30. The minimum absolute atomic E-state index is 0.121. The number of pyridine rings is 1. The van der Waals surface area contributed by atoms with Crippen molar-refractivity contribution in [2.24, 2.45) is 11.3 Å². The fourth-order valence-electron chi connectivity index (χ4n) is 2.55. The van der Waals surface area contributed by atoms with Crippen LogP contribution in [-0.2, 0) is 11.0 Å². The Morgan fingerprint density at radius 3 is 2.41 bits per heavy atom. The van der Waals surface area contributed by atoms with Gasteiger partial charge in [-0.2, -0.15) is 18.2 Å². The highest BCUT2D eigenvalue weighted by Crippen LogP contribution is 2.37. The molecule has 2 amide bonds. The van der Waals surface area contributed by atoms with Crippen LogP contribution in [0.3, 0.4) is 0 Å². The van der Waals surface area contributed by atoms with Gasteiger partial charge >= 0.3 is 12.3 Å². The number of aromatic nitrogens is 1. The minimum atomic E-state index is -4.65. The van der Waals surface area contributed by atoms with Crippen LogP contribution in [0.5, 0.6) is 11.8 Å². The van der Waals surface area contributed by atoms with E-state index in [1.807, 2.05) is 20.8 Å². The molecule has 29 heavy (non-hydrogen) atoms. The smallest absolute Gasteiger partial charge is 0.421 e. The number of nitrogens with one attached hydrogen (secondary N) is 2. The Kier molecular flexibility index (Phi) is 6.97. The molecule has 0 unspecified atom stereocenters. The number of likely N-dealkylation sites (N-methyl/N-ethyl adjacent to an activating group) is 1. The summed E-state index contributed by atoms with van der Waals surface area (Å²) < 4.78 is 49.7. The molecular weight excluding hydrogens is 391 g/mol. The maximum Gasteiger partial charge on any atom is 0.421 e. The van der Waals surface area contributed by atoms with Crippen molar-refractivity contribution in [3.05, 3.63) is 17.7 Å². The Morgan fingerprint density at radius 1 is 1.24 bits per heavy atom. The molecule has 0 saturated heterocycles. The third kappa shape index (κ3) is 7.43. The van der Waals surface area contributed by atoms with E-state index in [2.05, 4.69) is 15.6 Å². The number of nitrogens with zero attached hydrogens (tertiary/aromatic N) is 1. The predicted molar refractivity (Wildman–Crippen MR) is 98.5 cm³/mol. The lowest BCUT2D eigenvalue weighted by Crippen LogP contribution is -2.48. The molecule has 1 aliphatic carbocycles. The number of carbonyl (C=O) groups excluding carboxylic acids is 2. The summed E-state index contributed by atoms with van der Waals surface area (Å²) in [7, 11) is 1.44. The van der Waals surface area contributed by atoms with Crippen molar-refractivity contribution >= 4 is 12.0 Å². The number of carbonyl (C=O) groups is 2. The fraction of sp³-hybridized carbons (Fsp3) is 0.632. The second-order valence-corrected chi connectivity index (χ2v) is 8.22. The molecule has 2 N–H and O–H groups in total. The van der Waals surface area contributed by atoms with Gasteiger partial charge in [-0.05, 0) is 36.7 Å². The summed E-state index contributed by atoms with van der Waals surface area (Å²) in [6.45, 7) is 5.82. The van der Waals surface area contributed by atoms with Crippen molar-refractivity contribution in [2.75, 3.05) is 13.7 Å². The molecule has 10 heteroatoms. The van der Waals surface area contributed by atoms with Gasteiger partial charge in [0.25, 0.3) is 0 Å². The quantitative estimate of drug-likeness (QED) is 0.709. The average Bonchev–Trinajstić information content (AvgIpc) is 3.41. The van der Waals surface area contributed by atoms with E-state index in [1.165, 1.54) is 7.05 Å². The van der Waals surface area contributed by atoms with E-state index < -0.39 is 35.7 Å². The molecule has 0 spiro atoms. The van der Waals surface area contributed by atoms with Crippen LogP contribution in [0.25, 0.3) is 0 Å². The maximum atomic E-state index is 13.2. The number of hydrogen-bond acceptors (Lipinski definition) is 5. The van der Waals surface area contributed by atoms with Crippen molar-refractivity contribution in [2.45, 2.75) is 52.3 Å². The van der Waals surface area contributed by atoms with Crippen molar-refractivity contribution < 1.29 is 32.2 Å². The molecular formula is C19H26F3N3O4. The zero-order chi connectivity index (χ0) is 21.8. The van der Waals surface area contributed by atoms with E-state index in [1.54, 1.807) is 0 Å². The SMILES string of the molecule is CNC(=O)[C@H](CC(C)(C)C)NC(=O)Oc1ccc(C(F)(F)F)c(OCC2CC2)n1. The summed E-state index contributed by atoms with van der Waals surface area (Å²) in [5, 5.41) is 4.87. The Balaban J connectivity index is 2.11. The lowest BCUT2D eigenvalue weighted by molar-refractivity contribution is -0.139. The third-order valence-corrected chi connectivity index (χ3v) is 4.16. The summed E-state index contributed by atoms with van der Waals surface area (Å²) in [5.41, 5.74) is -1.30. The molecule has 0 radical (unpaired) electrons. The van der Waals surface area contributed by atoms with E-state index in [0.29, 0.717) is 6.42 Å². The number of rotatable bonds is 7. The predicted octanol–water partition coefficient (Wildman–Crippen LogP) is 3.53. The van der Waals surface area contributed by atoms with Crippen LogP contribution in [0.1, 0.15) is 45.6 Å². The molecule has 1 aliphatic rings. The van der Waals surface area contributed by atoms with Crippen LogP contribution < -0.4 is 20.1 Å². The lowest BCUT2D eigenvalue weighted by atomic mass is 9.88. The van der Waals surface area contributed by atoms with Crippen LogP contribution in [0, 0.1) is 11.3 Å². The molecule has 1 saturated carbocycles. The second kappa shape index (κ2) is 8.87. The van der Waals surface area contributed by atoms with Gasteiger partial charge < -0.3 is 20.1 Å². The van der Waals surface area contributed by atoms with Crippen molar-refractivity contribution in [3.63, 3.8) is 0 Å². The molecule has 2 rings (SSSR count). The normalized spacial score (nSPS) is 15.4. The molecule has 1 aromatic heterocycles. The molecule has 0 aliphatic heterocycles. The van der Waals surface area contributed by atoms with Gasteiger partial charge in [-0.1, -0.05) is 20.8 Å². The molecule has 162 valence electrons. The first-order valence-electron chi connectivity index (χ1n) is 9.30. The molecule has 1 heterocycles. The molecule has 7 nitrogen and oxygen atoms in total. The van der Waals surface area contributed by atoms with Gasteiger partial charge in [0.2, 0.25) is 17.7 Å². The summed E-state index contributed by atoms with van der Waals surface area (Å²) in [6.07, 6.45) is -3.52. The summed E-state index contributed by atoms with van der Waals surface area (Å²) >= 11 is 0. The second-order valence-electron chi connectivity index (χ2n) is 8.22. The fourth-order valence-corrected chi connectivity index (χ4v) is 2.55. The van der Waals surface area contributed by atoms with Gasteiger partial charge in [0, 0.05) is 13.1 Å². The van der Waals surface area contributed by atoms with Gasteiger partial charge in [-0.15, -0.1) is 0 Å². The third-order valence-electron chi connectivity index (χ3n) is 4.16. The number of alkyl halides is 3. The van der Waals surface area contributed by atoms with Crippen LogP contribution in [0.4, 0.5) is 18.0 Å². The van der Waals surface area contributed by atoms with Gasteiger partial charge in [0.05, 0.1) is 6.61 Å². The van der Waals surface area contributed by atoms with Crippen LogP contribution in [0.15, 0.2) is 12.1 Å².